The van der Waals surface area contributed by atoms with E-state index in [9.17, 15) is 4.79 Å². The second-order valence-corrected chi connectivity index (χ2v) is 4.82. The first-order valence-electron chi connectivity index (χ1n) is 5.67. The number of carbonyl (C=O) groups is 1. The predicted molar refractivity (Wildman–Crippen MR) is 71.3 cm³/mol. The van der Waals surface area contributed by atoms with Crippen molar-refractivity contribution >= 4 is 11.5 Å². The van der Waals surface area contributed by atoms with Gasteiger partial charge in [0, 0.05) is 13.1 Å². The van der Waals surface area contributed by atoms with E-state index in [1.165, 1.54) is 0 Å². The van der Waals surface area contributed by atoms with Gasteiger partial charge >= 0.3 is 0 Å². The molecule has 0 bridgehead atoms. The lowest BCUT2D eigenvalue weighted by Crippen LogP contribution is -2.40. The molecule has 0 saturated heterocycles. The molecule has 3 heteroatoms. The molecule has 3 nitrogen and oxygen atoms in total. The maximum Gasteiger partial charge on any atom is 0.224 e. The van der Waals surface area contributed by atoms with Gasteiger partial charge in [-0.2, -0.15) is 0 Å². The molecule has 0 saturated carbocycles. The molecule has 92 valence electrons. The van der Waals surface area contributed by atoms with Gasteiger partial charge < -0.3 is 11.1 Å². The number of benzene rings is 1. The maximum atomic E-state index is 11.1. The van der Waals surface area contributed by atoms with Crippen molar-refractivity contribution in [2.45, 2.75) is 13.8 Å². The molecule has 0 aliphatic heterocycles. The fraction of sp³-hybridized carbons (Fsp3) is 0.357. The van der Waals surface area contributed by atoms with Crippen LogP contribution in [0.1, 0.15) is 19.4 Å². The van der Waals surface area contributed by atoms with Crippen LogP contribution in [0.25, 0.3) is 5.57 Å². The first kappa shape index (κ1) is 13.5. The molecule has 0 atom stereocenters. The summed E-state index contributed by atoms with van der Waals surface area (Å²) < 4.78 is 0. The van der Waals surface area contributed by atoms with Gasteiger partial charge in [0.25, 0.3) is 0 Å². The van der Waals surface area contributed by atoms with Gasteiger partial charge in [0.15, 0.2) is 0 Å². The largest absolute Gasteiger partial charge is 0.369 e. The third-order valence-corrected chi connectivity index (χ3v) is 2.75. The minimum absolute atomic E-state index is 0.296. The van der Waals surface area contributed by atoms with E-state index in [-0.39, 0.29) is 5.91 Å². The van der Waals surface area contributed by atoms with Crippen LogP contribution in [-0.4, -0.2) is 19.0 Å². The van der Waals surface area contributed by atoms with Crippen molar-refractivity contribution in [1.29, 1.82) is 0 Å². The highest BCUT2D eigenvalue weighted by Gasteiger charge is 2.23. The van der Waals surface area contributed by atoms with Crippen molar-refractivity contribution in [2.24, 2.45) is 11.1 Å². The average Bonchev–Trinajstić information content (AvgIpc) is 2.29. The van der Waals surface area contributed by atoms with Crippen molar-refractivity contribution in [3.05, 3.63) is 42.5 Å². The fourth-order valence-electron chi connectivity index (χ4n) is 1.39. The molecular formula is C14H20N2O. The molecule has 1 aromatic carbocycles. The number of rotatable bonds is 6. The van der Waals surface area contributed by atoms with Gasteiger partial charge in [-0.15, -0.1) is 0 Å². The van der Waals surface area contributed by atoms with Crippen molar-refractivity contribution in [3.63, 3.8) is 0 Å². The summed E-state index contributed by atoms with van der Waals surface area (Å²) >= 11 is 0. The lowest BCUT2D eigenvalue weighted by atomic mass is 9.92. The van der Waals surface area contributed by atoms with E-state index in [1.807, 2.05) is 44.2 Å². The van der Waals surface area contributed by atoms with Gasteiger partial charge in [-0.3, -0.25) is 4.79 Å². The van der Waals surface area contributed by atoms with Crippen LogP contribution in [0.4, 0.5) is 0 Å². The van der Waals surface area contributed by atoms with Crippen LogP contribution in [0.15, 0.2) is 36.9 Å². The lowest BCUT2D eigenvalue weighted by molar-refractivity contribution is -0.125. The summed E-state index contributed by atoms with van der Waals surface area (Å²) in [5.74, 6) is -0.296. The minimum atomic E-state index is -0.531. The zero-order valence-electron chi connectivity index (χ0n) is 10.5. The zero-order chi connectivity index (χ0) is 12.9. The van der Waals surface area contributed by atoms with Crippen LogP contribution in [0.2, 0.25) is 0 Å². The summed E-state index contributed by atoms with van der Waals surface area (Å²) in [4.78, 5) is 11.1. The fourth-order valence-corrected chi connectivity index (χ4v) is 1.39. The number of hydrogen-bond donors (Lipinski definition) is 2. The Balaban J connectivity index is 2.43. The number of primary amides is 1. The second-order valence-electron chi connectivity index (χ2n) is 4.82. The van der Waals surface area contributed by atoms with Crippen molar-refractivity contribution in [3.8, 4) is 0 Å². The summed E-state index contributed by atoms with van der Waals surface area (Å²) in [6.45, 7) is 8.87. The topological polar surface area (TPSA) is 55.1 Å². The van der Waals surface area contributed by atoms with Gasteiger partial charge in [-0.05, 0) is 25.0 Å². The van der Waals surface area contributed by atoms with E-state index in [2.05, 4.69) is 11.9 Å². The van der Waals surface area contributed by atoms with Gasteiger partial charge in [0.05, 0.1) is 5.41 Å². The molecule has 1 amide bonds. The number of nitrogens with two attached hydrogens (primary N) is 1. The van der Waals surface area contributed by atoms with Crippen LogP contribution in [0.3, 0.4) is 0 Å². The molecule has 0 aliphatic carbocycles. The number of hydrogen-bond acceptors (Lipinski definition) is 2. The highest BCUT2D eigenvalue weighted by atomic mass is 16.1. The van der Waals surface area contributed by atoms with Crippen molar-refractivity contribution in [2.75, 3.05) is 13.1 Å². The second kappa shape index (κ2) is 5.64. The number of nitrogens with one attached hydrogen (secondary N) is 1. The monoisotopic (exact) mass is 232 g/mol. The van der Waals surface area contributed by atoms with Gasteiger partial charge in [0.1, 0.15) is 0 Å². The van der Waals surface area contributed by atoms with E-state index in [1.54, 1.807) is 0 Å². The smallest absolute Gasteiger partial charge is 0.224 e. The third-order valence-electron chi connectivity index (χ3n) is 2.75. The maximum absolute atomic E-state index is 11.1. The quantitative estimate of drug-likeness (QED) is 0.785. The molecule has 0 radical (unpaired) electrons. The molecule has 0 aliphatic rings. The Morgan fingerprint density at radius 3 is 2.47 bits per heavy atom. The molecule has 0 heterocycles. The summed E-state index contributed by atoms with van der Waals surface area (Å²) in [6, 6.07) is 9.97. The van der Waals surface area contributed by atoms with Crippen molar-refractivity contribution in [1.82, 2.24) is 5.32 Å². The standard InChI is InChI=1S/C14H20N2O/c1-11(12-7-5-4-6-8-12)9-16-10-14(2,3)13(15)17/h4-8,16H,1,9-10H2,2-3H3,(H2,15,17). The van der Waals surface area contributed by atoms with Crippen molar-refractivity contribution < 1.29 is 4.79 Å². The normalized spacial score (nSPS) is 11.2. The molecule has 3 N–H and O–H groups in total. The Bertz CT molecular complexity index is 396. The molecule has 0 aromatic heterocycles. The molecule has 1 rings (SSSR count). The average molecular weight is 232 g/mol. The van der Waals surface area contributed by atoms with Gasteiger partial charge in [-0.25, -0.2) is 0 Å². The minimum Gasteiger partial charge on any atom is -0.369 e. The highest BCUT2D eigenvalue weighted by molar-refractivity contribution is 5.80. The molecule has 0 spiro atoms. The first-order valence-corrected chi connectivity index (χ1v) is 5.67. The Labute approximate surface area is 103 Å². The molecule has 1 aromatic rings. The van der Waals surface area contributed by atoms with E-state index in [4.69, 9.17) is 5.73 Å². The lowest BCUT2D eigenvalue weighted by Gasteiger charge is -2.21. The Kier molecular flexibility index (Phi) is 4.46. The van der Waals surface area contributed by atoms with Crippen LogP contribution in [-0.2, 0) is 4.79 Å². The van der Waals surface area contributed by atoms with Gasteiger partial charge in [0.2, 0.25) is 5.91 Å². The zero-order valence-corrected chi connectivity index (χ0v) is 10.5. The third kappa shape index (κ3) is 4.04. The molecular weight excluding hydrogens is 212 g/mol. The van der Waals surface area contributed by atoms with Gasteiger partial charge in [-0.1, -0.05) is 36.9 Å². The predicted octanol–water partition coefficient (Wildman–Crippen LogP) is 1.80. The van der Waals surface area contributed by atoms with E-state index < -0.39 is 5.41 Å². The number of carbonyl (C=O) groups excluding carboxylic acids is 1. The van der Waals surface area contributed by atoms with Crippen LogP contribution in [0, 0.1) is 5.41 Å². The first-order chi connectivity index (χ1) is 7.93. The summed E-state index contributed by atoms with van der Waals surface area (Å²) in [5, 5.41) is 3.20. The van der Waals surface area contributed by atoms with E-state index >= 15 is 0 Å². The van der Waals surface area contributed by atoms with Crippen LogP contribution >= 0.6 is 0 Å². The summed E-state index contributed by atoms with van der Waals surface area (Å²) in [6.07, 6.45) is 0. The molecule has 17 heavy (non-hydrogen) atoms. The molecule has 0 unspecified atom stereocenters. The Morgan fingerprint density at radius 1 is 1.35 bits per heavy atom. The number of amides is 1. The summed E-state index contributed by atoms with van der Waals surface area (Å²) in [5.41, 5.74) is 6.88. The Morgan fingerprint density at radius 2 is 1.94 bits per heavy atom. The molecule has 0 fully saturated rings. The van der Waals surface area contributed by atoms with E-state index in [0.29, 0.717) is 13.1 Å². The summed E-state index contributed by atoms with van der Waals surface area (Å²) in [7, 11) is 0. The Hall–Kier alpha value is -1.61. The van der Waals surface area contributed by atoms with Crippen LogP contribution in [0.5, 0.6) is 0 Å². The highest BCUT2D eigenvalue weighted by Crippen LogP contribution is 2.14. The SMILES string of the molecule is C=C(CNCC(C)(C)C(N)=O)c1ccccc1. The van der Waals surface area contributed by atoms with Crippen LogP contribution < -0.4 is 11.1 Å². The van der Waals surface area contributed by atoms with E-state index in [0.717, 1.165) is 11.1 Å².